The molecule has 0 aliphatic rings. The molecule has 2 amide bonds. The van der Waals surface area contributed by atoms with Gasteiger partial charge in [0.2, 0.25) is 11.8 Å². The lowest BCUT2D eigenvalue weighted by Crippen LogP contribution is -2.47. The van der Waals surface area contributed by atoms with Crippen molar-refractivity contribution in [1.29, 1.82) is 0 Å². The fourth-order valence-corrected chi connectivity index (χ4v) is 4.98. The normalized spacial score (nSPS) is 14.0. The molecule has 0 unspecified atom stereocenters. The summed E-state index contributed by atoms with van der Waals surface area (Å²) in [6.45, 7) is 17.3. The molecule has 0 bridgehead atoms. The van der Waals surface area contributed by atoms with Crippen molar-refractivity contribution in [1.82, 2.24) is 10.3 Å². The van der Waals surface area contributed by atoms with Gasteiger partial charge in [0.25, 0.3) is 0 Å². The van der Waals surface area contributed by atoms with Crippen molar-refractivity contribution in [2.75, 3.05) is 13.2 Å². The number of thiazole rings is 1. The van der Waals surface area contributed by atoms with Crippen molar-refractivity contribution in [3.63, 3.8) is 0 Å². The number of aryl methyl sites for hydroxylation is 1. The second-order valence-corrected chi connectivity index (χ2v) is 14.6. The number of rotatable bonds is 10. The number of nitrogens with one attached hydrogen (secondary N) is 1. The number of amides is 2. The molecule has 0 aromatic carbocycles. The van der Waals surface area contributed by atoms with Crippen LogP contribution in [0.5, 0.6) is 0 Å². The van der Waals surface area contributed by atoms with Crippen LogP contribution in [0, 0.1) is 6.92 Å². The fraction of sp³-hybridized carbons (Fsp3) is 0.600. The summed E-state index contributed by atoms with van der Waals surface area (Å²) >= 11 is 1.23. The largest absolute Gasteiger partial charge is 0.457 e. The van der Waals surface area contributed by atoms with Crippen LogP contribution in [0.15, 0.2) is 12.7 Å². The number of nitrogens with two attached hydrogens (primary N) is 1. The van der Waals surface area contributed by atoms with E-state index < -0.39 is 38.1 Å². The van der Waals surface area contributed by atoms with Crippen LogP contribution in [0.4, 0.5) is 0 Å². The van der Waals surface area contributed by atoms with Crippen LogP contribution in [0.1, 0.15) is 54.0 Å². The number of carbonyl (C=O) groups is 3. The van der Waals surface area contributed by atoms with Gasteiger partial charge >= 0.3 is 5.97 Å². The number of carbonyl (C=O) groups excluding carboxylic acids is 3. The molecule has 0 saturated heterocycles. The van der Waals surface area contributed by atoms with E-state index in [0.29, 0.717) is 9.88 Å². The standard InChI is InChI=1S/C20H33N3O5SSi/c1-9-10-27-19(26)16-13(3)29-18(23-16)15(17(25)22-11-14(21)24)12(2)28-30(7,8)20(4,5)6/h9,12,15H,1,10-11H2,2-8H3,(H2,21,24)(H,22,25)/t12-,15+/m1/s1. The van der Waals surface area contributed by atoms with E-state index in [-0.39, 0.29) is 23.9 Å². The van der Waals surface area contributed by atoms with Gasteiger partial charge in [-0.05, 0) is 32.0 Å². The van der Waals surface area contributed by atoms with Gasteiger partial charge in [-0.25, -0.2) is 9.78 Å². The smallest absolute Gasteiger partial charge is 0.358 e. The lowest BCUT2D eigenvalue weighted by atomic mass is 10.0. The van der Waals surface area contributed by atoms with Crippen molar-refractivity contribution in [2.45, 2.75) is 64.8 Å². The van der Waals surface area contributed by atoms with Crippen molar-refractivity contribution in [2.24, 2.45) is 5.73 Å². The van der Waals surface area contributed by atoms with Crippen LogP contribution < -0.4 is 11.1 Å². The monoisotopic (exact) mass is 455 g/mol. The van der Waals surface area contributed by atoms with Gasteiger partial charge in [0.1, 0.15) is 17.5 Å². The first-order chi connectivity index (χ1) is 13.7. The summed E-state index contributed by atoms with van der Waals surface area (Å²) in [6, 6.07) is 0. The quantitative estimate of drug-likeness (QED) is 0.318. The predicted octanol–water partition coefficient (Wildman–Crippen LogP) is 2.89. The van der Waals surface area contributed by atoms with Gasteiger partial charge < -0.3 is 20.2 Å². The molecule has 0 radical (unpaired) electrons. The number of hydrogen-bond acceptors (Lipinski definition) is 7. The molecule has 3 N–H and O–H groups in total. The topological polar surface area (TPSA) is 121 Å². The Morgan fingerprint density at radius 1 is 1.33 bits per heavy atom. The number of ether oxygens (including phenoxy) is 1. The van der Waals surface area contributed by atoms with E-state index in [4.69, 9.17) is 14.9 Å². The first kappa shape index (κ1) is 26.0. The fourth-order valence-electron chi connectivity index (χ4n) is 2.46. The van der Waals surface area contributed by atoms with Crippen molar-refractivity contribution in [3.05, 3.63) is 28.2 Å². The minimum Gasteiger partial charge on any atom is -0.457 e. The van der Waals surface area contributed by atoms with Crippen LogP contribution >= 0.6 is 11.3 Å². The molecule has 1 heterocycles. The Balaban J connectivity index is 3.28. The third-order valence-electron chi connectivity index (χ3n) is 5.08. The third-order valence-corrected chi connectivity index (χ3v) is 10.7. The highest BCUT2D eigenvalue weighted by Crippen LogP contribution is 2.39. The Hall–Kier alpha value is -2.04. The first-order valence-corrected chi connectivity index (χ1v) is 13.4. The molecule has 10 heteroatoms. The molecule has 1 aromatic rings. The van der Waals surface area contributed by atoms with Gasteiger partial charge in [-0.1, -0.05) is 33.4 Å². The van der Waals surface area contributed by atoms with E-state index >= 15 is 0 Å². The zero-order valence-electron chi connectivity index (χ0n) is 18.8. The predicted molar refractivity (Wildman–Crippen MR) is 120 cm³/mol. The Labute approximate surface area is 183 Å². The average Bonchev–Trinajstić information content (AvgIpc) is 2.97. The van der Waals surface area contributed by atoms with Gasteiger partial charge in [0, 0.05) is 4.88 Å². The van der Waals surface area contributed by atoms with Crippen LogP contribution in [0.2, 0.25) is 18.1 Å². The van der Waals surface area contributed by atoms with Crippen LogP contribution in [0.25, 0.3) is 0 Å². The maximum atomic E-state index is 12.9. The van der Waals surface area contributed by atoms with Gasteiger partial charge in [-0.2, -0.15) is 0 Å². The average molecular weight is 456 g/mol. The molecule has 0 fully saturated rings. The summed E-state index contributed by atoms with van der Waals surface area (Å²) in [5.74, 6) is -2.46. The number of primary amides is 1. The molecule has 0 aliphatic carbocycles. The molecular formula is C20H33N3O5SSi. The van der Waals surface area contributed by atoms with E-state index in [2.05, 4.69) is 50.7 Å². The molecule has 30 heavy (non-hydrogen) atoms. The number of hydrogen-bond donors (Lipinski definition) is 2. The Kier molecular flexibility index (Phi) is 8.94. The van der Waals surface area contributed by atoms with Gasteiger partial charge in [-0.3, -0.25) is 9.59 Å². The first-order valence-electron chi connectivity index (χ1n) is 9.70. The van der Waals surface area contributed by atoms with E-state index in [9.17, 15) is 14.4 Å². The van der Waals surface area contributed by atoms with Gasteiger partial charge in [-0.15, -0.1) is 11.3 Å². The Morgan fingerprint density at radius 3 is 2.43 bits per heavy atom. The molecule has 0 spiro atoms. The Bertz CT molecular complexity index is 801. The molecule has 0 aliphatic heterocycles. The SMILES string of the molecule is C=CCOC(=O)c1nc([C@H](C(=O)NCC(N)=O)[C@@H](C)O[Si](C)(C)C(C)(C)C)sc1C. The van der Waals surface area contributed by atoms with Crippen molar-refractivity contribution < 1.29 is 23.5 Å². The molecule has 2 atom stereocenters. The van der Waals surface area contributed by atoms with E-state index in [1.54, 1.807) is 13.8 Å². The minimum atomic E-state index is -2.20. The lowest BCUT2D eigenvalue weighted by molar-refractivity contribution is -0.127. The minimum absolute atomic E-state index is 0.0615. The summed E-state index contributed by atoms with van der Waals surface area (Å²) in [6.07, 6.45) is 0.941. The highest BCUT2D eigenvalue weighted by atomic mass is 32.1. The maximum Gasteiger partial charge on any atom is 0.358 e. The summed E-state index contributed by atoms with van der Waals surface area (Å²) in [5.41, 5.74) is 5.33. The molecule has 8 nitrogen and oxygen atoms in total. The van der Waals surface area contributed by atoms with E-state index in [0.717, 1.165) is 0 Å². The number of aromatic nitrogens is 1. The highest BCUT2D eigenvalue weighted by molar-refractivity contribution is 7.12. The molecular weight excluding hydrogens is 422 g/mol. The van der Waals surface area contributed by atoms with Gasteiger partial charge in [0.05, 0.1) is 12.6 Å². The van der Waals surface area contributed by atoms with E-state index in [1.165, 1.54) is 17.4 Å². The van der Waals surface area contributed by atoms with E-state index in [1.807, 2.05) is 0 Å². The molecule has 1 rings (SSSR count). The zero-order valence-corrected chi connectivity index (χ0v) is 20.6. The molecule has 168 valence electrons. The summed E-state index contributed by atoms with van der Waals surface area (Å²) < 4.78 is 11.5. The van der Waals surface area contributed by atoms with Crippen molar-refractivity contribution >= 4 is 37.4 Å². The van der Waals surface area contributed by atoms with Crippen LogP contribution in [-0.2, 0) is 18.8 Å². The summed E-state index contributed by atoms with van der Waals surface area (Å²) in [5, 5.41) is 2.90. The number of nitrogens with zero attached hydrogens (tertiary/aromatic N) is 1. The Morgan fingerprint density at radius 2 is 1.93 bits per heavy atom. The summed E-state index contributed by atoms with van der Waals surface area (Å²) in [7, 11) is -2.20. The van der Waals surface area contributed by atoms with Gasteiger partial charge in [0.15, 0.2) is 14.0 Å². The molecule has 0 saturated carbocycles. The second kappa shape index (κ2) is 10.3. The lowest BCUT2D eigenvalue weighted by Gasteiger charge is -2.39. The van der Waals surface area contributed by atoms with Crippen molar-refractivity contribution in [3.8, 4) is 0 Å². The van der Waals surface area contributed by atoms with Crippen LogP contribution in [0.3, 0.4) is 0 Å². The third kappa shape index (κ3) is 6.75. The second-order valence-electron chi connectivity index (χ2n) is 8.59. The molecule has 1 aromatic heterocycles. The highest BCUT2D eigenvalue weighted by Gasteiger charge is 2.42. The zero-order chi connectivity index (χ0) is 23.3. The van der Waals surface area contributed by atoms with Crippen LogP contribution in [-0.4, -0.2) is 50.3 Å². The maximum absolute atomic E-state index is 12.9. The summed E-state index contributed by atoms with van der Waals surface area (Å²) in [4.78, 5) is 41.4. The number of esters is 1.